The van der Waals surface area contributed by atoms with Crippen LogP contribution in [0.3, 0.4) is 0 Å². The first-order valence-electron chi connectivity index (χ1n) is 8.77. The highest BCUT2D eigenvalue weighted by Gasteiger charge is 2.33. The zero-order valence-corrected chi connectivity index (χ0v) is 15.6. The van der Waals surface area contributed by atoms with Crippen LogP contribution in [0.4, 0.5) is 0 Å². The number of imidazole rings is 1. The molecule has 140 valence electrons. The van der Waals surface area contributed by atoms with Crippen molar-refractivity contribution in [2.75, 3.05) is 26.2 Å². The normalized spacial score (nSPS) is 23.0. The molecule has 0 saturated carbocycles. The van der Waals surface area contributed by atoms with E-state index in [1.165, 1.54) is 10.5 Å². The topological polar surface area (TPSA) is 93.5 Å². The third-order valence-corrected chi connectivity index (χ3v) is 6.81. The summed E-state index contributed by atoms with van der Waals surface area (Å²) in [7, 11) is -1.82. The molecule has 1 amide bonds. The summed E-state index contributed by atoms with van der Waals surface area (Å²) in [6.45, 7) is 3.77. The third-order valence-electron chi connectivity index (χ3n) is 5.04. The molecule has 8 nitrogen and oxygen atoms in total. The predicted octanol–water partition coefficient (Wildman–Crippen LogP) is 0.424. The maximum atomic E-state index is 12.7. The average Bonchev–Trinajstić information content (AvgIpc) is 3.23. The zero-order valence-electron chi connectivity index (χ0n) is 14.8. The molecule has 1 N–H and O–H groups in total. The Morgan fingerprint density at radius 3 is 2.64 bits per heavy atom. The molecular formula is C16H26N4O4S. The van der Waals surface area contributed by atoms with Crippen molar-refractivity contribution in [3.8, 4) is 0 Å². The van der Waals surface area contributed by atoms with E-state index in [9.17, 15) is 13.2 Å². The van der Waals surface area contributed by atoms with E-state index >= 15 is 0 Å². The maximum Gasteiger partial charge on any atom is 0.262 e. The molecule has 2 aliphatic heterocycles. The Bertz CT molecular complexity index is 697. The van der Waals surface area contributed by atoms with Crippen LogP contribution in [0.25, 0.3) is 0 Å². The predicted molar refractivity (Wildman–Crippen MR) is 91.4 cm³/mol. The fraction of sp³-hybridized carbons (Fsp3) is 0.750. The number of piperidine rings is 1. The van der Waals surface area contributed by atoms with Crippen molar-refractivity contribution in [2.45, 2.75) is 43.7 Å². The lowest BCUT2D eigenvalue weighted by Gasteiger charge is -2.30. The number of nitrogens with one attached hydrogen (secondary N) is 1. The number of carbonyl (C=O) groups is 1. The van der Waals surface area contributed by atoms with Gasteiger partial charge in [0.05, 0.1) is 6.10 Å². The minimum atomic E-state index is -3.59. The second-order valence-electron chi connectivity index (χ2n) is 6.80. The lowest BCUT2D eigenvalue weighted by molar-refractivity contribution is -0.126. The van der Waals surface area contributed by atoms with Gasteiger partial charge in [-0.25, -0.2) is 13.4 Å². The van der Waals surface area contributed by atoms with Gasteiger partial charge in [0, 0.05) is 45.4 Å². The molecule has 0 aliphatic carbocycles. The van der Waals surface area contributed by atoms with E-state index in [4.69, 9.17) is 4.74 Å². The number of amides is 1. The third kappa shape index (κ3) is 4.04. The summed E-state index contributed by atoms with van der Waals surface area (Å²) < 4.78 is 33.9. The Balaban J connectivity index is 1.53. The van der Waals surface area contributed by atoms with Crippen LogP contribution in [0.15, 0.2) is 11.2 Å². The SMILES string of the molecule is Cc1nc(S(=O)(=O)N2CCC(C(=O)NC[C@H]3CCCO3)CC2)cn1C. The molecule has 2 aliphatic rings. The molecule has 0 spiro atoms. The van der Waals surface area contributed by atoms with Crippen LogP contribution < -0.4 is 5.32 Å². The number of aryl methyl sites for hydroxylation is 2. The van der Waals surface area contributed by atoms with E-state index in [1.807, 2.05) is 0 Å². The molecule has 3 heterocycles. The van der Waals surface area contributed by atoms with Gasteiger partial charge in [0.25, 0.3) is 10.0 Å². The van der Waals surface area contributed by atoms with E-state index in [1.54, 1.807) is 18.5 Å². The van der Waals surface area contributed by atoms with Crippen LogP contribution in [-0.4, -0.2) is 60.5 Å². The summed E-state index contributed by atoms with van der Waals surface area (Å²) >= 11 is 0. The number of rotatable bonds is 5. The molecule has 25 heavy (non-hydrogen) atoms. The molecular weight excluding hydrogens is 344 g/mol. The van der Waals surface area contributed by atoms with E-state index in [0.29, 0.717) is 38.3 Å². The number of nitrogens with zero attached hydrogens (tertiary/aromatic N) is 3. The second kappa shape index (κ2) is 7.43. The van der Waals surface area contributed by atoms with E-state index in [2.05, 4.69) is 10.3 Å². The maximum absolute atomic E-state index is 12.7. The number of aromatic nitrogens is 2. The van der Waals surface area contributed by atoms with Gasteiger partial charge in [0.2, 0.25) is 5.91 Å². The van der Waals surface area contributed by atoms with Gasteiger partial charge in [-0.2, -0.15) is 4.31 Å². The number of ether oxygens (including phenoxy) is 1. The van der Waals surface area contributed by atoms with Gasteiger partial charge in [0.15, 0.2) is 5.03 Å². The van der Waals surface area contributed by atoms with Gasteiger partial charge in [-0.1, -0.05) is 0 Å². The molecule has 2 saturated heterocycles. The standard InChI is InChI=1S/C16H26N4O4S/c1-12-18-15(11-19(12)2)25(22,23)20-7-5-13(6-8-20)16(21)17-10-14-4-3-9-24-14/h11,13-14H,3-10H2,1-2H3,(H,17,21)/t14-/m1/s1. The first-order chi connectivity index (χ1) is 11.9. The number of carbonyl (C=O) groups excluding carboxylic acids is 1. The van der Waals surface area contributed by atoms with Crippen LogP contribution in [0, 0.1) is 12.8 Å². The van der Waals surface area contributed by atoms with Crippen LogP contribution >= 0.6 is 0 Å². The molecule has 1 aromatic heterocycles. The molecule has 2 fully saturated rings. The van der Waals surface area contributed by atoms with Crippen molar-refractivity contribution in [3.63, 3.8) is 0 Å². The van der Waals surface area contributed by atoms with Crippen LogP contribution in [-0.2, 0) is 26.6 Å². The molecule has 0 unspecified atom stereocenters. The molecule has 0 radical (unpaired) electrons. The smallest absolute Gasteiger partial charge is 0.262 e. The molecule has 9 heteroatoms. The highest BCUT2D eigenvalue weighted by molar-refractivity contribution is 7.89. The van der Waals surface area contributed by atoms with Crippen LogP contribution in [0.5, 0.6) is 0 Å². The summed E-state index contributed by atoms with van der Waals surface area (Å²) in [5, 5.41) is 3.02. The van der Waals surface area contributed by atoms with Crippen molar-refractivity contribution in [2.24, 2.45) is 13.0 Å². The number of sulfonamides is 1. The Morgan fingerprint density at radius 1 is 1.36 bits per heavy atom. The number of hydrogen-bond donors (Lipinski definition) is 1. The summed E-state index contributed by atoms with van der Waals surface area (Å²) in [5.74, 6) is 0.515. The van der Waals surface area contributed by atoms with E-state index in [0.717, 1.165) is 19.4 Å². The van der Waals surface area contributed by atoms with Crippen molar-refractivity contribution in [1.29, 1.82) is 0 Å². The first-order valence-corrected chi connectivity index (χ1v) is 10.2. The van der Waals surface area contributed by atoms with E-state index in [-0.39, 0.29) is 23.0 Å². The van der Waals surface area contributed by atoms with Crippen molar-refractivity contribution < 1.29 is 17.9 Å². The monoisotopic (exact) mass is 370 g/mol. The van der Waals surface area contributed by atoms with E-state index < -0.39 is 10.0 Å². The second-order valence-corrected chi connectivity index (χ2v) is 8.68. The van der Waals surface area contributed by atoms with Gasteiger partial charge in [-0.3, -0.25) is 4.79 Å². The molecule has 3 rings (SSSR count). The zero-order chi connectivity index (χ0) is 18.0. The molecule has 0 aromatic carbocycles. The number of hydrogen-bond acceptors (Lipinski definition) is 5. The summed E-state index contributed by atoms with van der Waals surface area (Å²) in [6.07, 6.45) is 4.75. The van der Waals surface area contributed by atoms with Crippen molar-refractivity contribution >= 4 is 15.9 Å². The Hall–Kier alpha value is -1.45. The summed E-state index contributed by atoms with van der Waals surface area (Å²) in [6, 6.07) is 0. The van der Waals surface area contributed by atoms with Gasteiger partial charge in [0.1, 0.15) is 5.82 Å². The lowest BCUT2D eigenvalue weighted by Crippen LogP contribution is -2.44. The van der Waals surface area contributed by atoms with Crippen LogP contribution in [0.1, 0.15) is 31.5 Å². The average molecular weight is 370 g/mol. The quantitative estimate of drug-likeness (QED) is 0.811. The minimum absolute atomic E-state index is 0.00114. The highest BCUT2D eigenvalue weighted by Crippen LogP contribution is 2.23. The van der Waals surface area contributed by atoms with Crippen LogP contribution in [0.2, 0.25) is 0 Å². The largest absolute Gasteiger partial charge is 0.376 e. The van der Waals surface area contributed by atoms with Crippen molar-refractivity contribution in [3.05, 3.63) is 12.0 Å². The highest BCUT2D eigenvalue weighted by atomic mass is 32.2. The molecule has 0 bridgehead atoms. The summed E-state index contributed by atoms with van der Waals surface area (Å²) in [4.78, 5) is 16.4. The van der Waals surface area contributed by atoms with Crippen molar-refractivity contribution in [1.82, 2.24) is 19.2 Å². The van der Waals surface area contributed by atoms with Gasteiger partial charge in [-0.15, -0.1) is 0 Å². The Labute approximate surface area is 148 Å². The molecule has 1 aromatic rings. The lowest BCUT2D eigenvalue weighted by atomic mass is 9.97. The fourth-order valence-corrected chi connectivity index (χ4v) is 4.80. The fourth-order valence-electron chi connectivity index (χ4n) is 3.31. The molecule has 1 atom stereocenters. The van der Waals surface area contributed by atoms with Gasteiger partial charge < -0.3 is 14.6 Å². The Kier molecular flexibility index (Phi) is 5.45. The summed E-state index contributed by atoms with van der Waals surface area (Å²) in [5.41, 5.74) is 0. The van der Waals surface area contributed by atoms with Gasteiger partial charge in [-0.05, 0) is 32.6 Å². The Morgan fingerprint density at radius 2 is 2.08 bits per heavy atom. The van der Waals surface area contributed by atoms with Gasteiger partial charge >= 0.3 is 0 Å². The minimum Gasteiger partial charge on any atom is -0.376 e. The first kappa shape index (κ1) is 18.3.